The molecule has 0 aliphatic heterocycles. The topological polar surface area (TPSA) is 56.7 Å². The zero-order valence-electron chi connectivity index (χ0n) is 40.6. The van der Waals surface area contributed by atoms with E-state index in [1.807, 2.05) is 99.0 Å². The molecule has 8 heteroatoms. The van der Waals surface area contributed by atoms with Gasteiger partial charge in [-0.3, -0.25) is 4.98 Å². The summed E-state index contributed by atoms with van der Waals surface area (Å²) < 4.78 is 53.1. The number of hydrogen-bond donors (Lipinski definition) is 0. The van der Waals surface area contributed by atoms with E-state index < -0.39 is 31.9 Å². The quantitative estimate of drug-likeness (QED) is 0.123. The fourth-order valence-electron chi connectivity index (χ4n) is 7.96. The molecule has 0 amide bonds. The molecule has 0 aliphatic rings. The van der Waals surface area contributed by atoms with E-state index in [2.05, 4.69) is 100 Å². The third-order valence-electron chi connectivity index (χ3n) is 10.7. The number of benzene rings is 5. The zero-order chi connectivity index (χ0) is 46.2. The van der Waals surface area contributed by atoms with Crippen molar-refractivity contribution in [2.24, 2.45) is 5.41 Å². The molecule has 5 aromatic carbocycles. The van der Waals surface area contributed by atoms with Crippen molar-refractivity contribution in [3.8, 4) is 28.3 Å². The van der Waals surface area contributed by atoms with Crippen LogP contribution in [0.25, 0.3) is 81.6 Å². The number of thiophene rings is 1. The van der Waals surface area contributed by atoms with Crippen LogP contribution in [0.3, 0.4) is 0 Å². The number of fused-ring (bicyclic) bond motifs is 7. The summed E-state index contributed by atoms with van der Waals surface area (Å²) in [4.78, 5) is 14.1. The molecule has 10 rings (SSSR count). The number of aryl methyl sites for hydroxylation is 1. The summed E-state index contributed by atoms with van der Waals surface area (Å²) in [5.41, 5.74) is 7.79. The van der Waals surface area contributed by atoms with Crippen molar-refractivity contribution in [2.75, 3.05) is 0 Å². The van der Waals surface area contributed by atoms with Gasteiger partial charge in [-0.15, -0.1) is 29.5 Å². The molecule has 5 aromatic heterocycles. The molecule has 10 aromatic rings. The molecule has 5 nitrogen and oxygen atoms in total. The van der Waals surface area contributed by atoms with Crippen molar-refractivity contribution < 1.29 is 31.4 Å². The van der Waals surface area contributed by atoms with Crippen LogP contribution in [-0.4, -0.2) is 32.8 Å². The van der Waals surface area contributed by atoms with Gasteiger partial charge in [0.1, 0.15) is 0 Å². The molecule has 0 bridgehead atoms. The minimum absolute atomic E-state index is 0. The molecule has 0 saturated carbocycles. The van der Waals surface area contributed by atoms with Gasteiger partial charge in [-0.05, 0) is 54.7 Å². The van der Waals surface area contributed by atoms with Gasteiger partial charge < -0.3 is 8.98 Å². The maximum absolute atomic E-state index is 8.76. The number of aromatic nitrogens is 4. The Morgan fingerprint density at radius 1 is 0.852 bits per heavy atom. The fraction of sp³-hybridized carbons (Fsp3) is 0.226. The number of imidazole rings is 1. The first-order valence-electron chi connectivity index (χ1n) is 22.9. The van der Waals surface area contributed by atoms with Gasteiger partial charge in [-0.2, -0.15) is 0 Å². The van der Waals surface area contributed by atoms with Crippen LogP contribution in [0.1, 0.15) is 64.2 Å². The Morgan fingerprint density at radius 2 is 1.64 bits per heavy atom. The average molecular weight is 1060 g/mol. The Morgan fingerprint density at radius 3 is 2.39 bits per heavy atom. The van der Waals surface area contributed by atoms with Crippen LogP contribution < -0.4 is 4.40 Å². The third-order valence-corrected chi connectivity index (χ3v) is 16.1. The first-order chi connectivity index (χ1) is 30.7. The van der Waals surface area contributed by atoms with E-state index in [-0.39, 0.29) is 31.5 Å². The minimum Gasteiger partial charge on any atom is 0 e. The van der Waals surface area contributed by atoms with Crippen molar-refractivity contribution in [1.82, 2.24) is 19.5 Å². The zero-order valence-corrected chi connectivity index (χ0v) is 40.9. The maximum Gasteiger partial charge on any atom is 0 e. The molecule has 0 saturated heterocycles. The summed E-state index contributed by atoms with van der Waals surface area (Å²) in [5.74, 6) is 7.93. The summed E-state index contributed by atoms with van der Waals surface area (Å²) in [6.45, 7) is 8.02. The predicted octanol–water partition coefficient (Wildman–Crippen LogP) is 14.3. The molecule has 1 radical (unpaired) electrons. The third kappa shape index (κ3) is 8.26. The second kappa shape index (κ2) is 16.7. The number of rotatable bonds is 6. The largest absolute Gasteiger partial charge is 0 e. The van der Waals surface area contributed by atoms with Crippen molar-refractivity contribution in [1.29, 1.82) is 0 Å². The Kier molecular flexibility index (Phi) is 10.1. The summed E-state index contributed by atoms with van der Waals surface area (Å²) in [5, 5.41) is 4.00. The van der Waals surface area contributed by atoms with Crippen LogP contribution in [-0.2, 0) is 26.5 Å². The minimum atomic E-state index is -2.33. The number of nitrogens with zero attached hydrogens (tertiary/aromatic N) is 4. The molecular weight excluding hydrogens is 1010 g/mol. The summed E-state index contributed by atoms with van der Waals surface area (Å²) in [6, 6.07) is 44.5. The van der Waals surface area contributed by atoms with Crippen LogP contribution in [0.2, 0.25) is 17.3 Å². The van der Waals surface area contributed by atoms with Gasteiger partial charge in [0.05, 0.1) is 22.4 Å². The van der Waals surface area contributed by atoms with Crippen LogP contribution in [0.4, 0.5) is 0 Å². The van der Waals surface area contributed by atoms with Crippen molar-refractivity contribution in [2.45, 2.75) is 71.0 Å². The Balaban J connectivity index is 0.000000211. The van der Waals surface area contributed by atoms with Gasteiger partial charge in [0.2, 0.25) is 5.71 Å². The average Bonchev–Trinajstić information content (AvgIpc) is 3.97. The Hall–Kier alpha value is -4.92. The van der Waals surface area contributed by atoms with Crippen molar-refractivity contribution in [3.05, 3.63) is 150 Å². The molecular formula is C53H50GeIrN4OS-2. The van der Waals surface area contributed by atoms with E-state index in [0.717, 1.165) is 48.7 Å². The molecule has 5 heterocycles. The second-order valence-electron chi connectivity index (χ2n) is 17.7. The second-order valence-corrected chi connectivity index (χ2v) is 29.3. The molecule has 0 unspecified atom stereocenters. The van der Waals surface area contributed by atoms with Crippen molar-refractivity contribution >= 4 is 82.3 Å². The number of pyridine rings is 2. The smallest absolute Gasteiger partial charge is 0 e. The van der Waals surface area contributed by atoms with E-state index in [9.17, 15) is 0 Å². The summed E-state index contributed by atoms with van der Waals surface area (Å²) in [6.07, 6.45) is 0.502. The fourth-order valence-corrected chi connectivity index (χ4v) is 12.3. The molecule has 0 N–H and O–H groups in total. The van der Waals surface area contributed by atoms with Crippen LogP contribution in [0.5, 0.6) is 0 Å². The predicted molar refractivity (Wildman–Crippen MR) is 257 cm³/mol. The maximum atomic E-state index is 8.76. The van der Waals surface area contributed by atoms with Gasteiger partial charge in [-0.1, -0.05) is 61.2 Å². The van der Waals surface area contributed by atoms with Crippen LogP contribution in [0.15, 0.2) is 126 Å². The van der Waals surface area contributed by atoms with Crippen molar-refractivity contribution in [3.63, 3.8) is 0 Å². The van der Waals surface area contributed by atoms with E-state index >= 15 is 0 Å². The van der Waals surface area contributed by atoms with Crippen LogP contribution >= 0.6 is 11.3 Å². The molecule has 0 spiro atoms. The van der Waals surface area contributed by atoms with Gasteiger partial charge in [0, 0.05) is 61.2 Å². The Bertz CT molecular complexity index is 3420. The van der Waals surface area contributed by atoms with Gasteiger partial charge in [-0.25, -0.2) is 4.98 Å². The summed E-state index contributed by atoms with van der Waals surface area (Å²) in [7, 11) is 0. The van der Waals surface area contributed by atoms with Gasteiger partial charge in [0.15, 0.2) is 0 Å². The molecule has 0 aliphatic carbocycles. The number of hydrogen-bond acceptors (Lipinski definition) is 5. The van der Waals surface area contributed by atoms with Gasteiger partial charge in [0.25, 0.3) is 0 Å². The standard InChI is InChI=1S/C34H24N3OS.C19H26GeN.Ir/c1-19(2)21-17-18-28(30-24-9-4-7-14-29(24)39-32(21)30)37-27-13-6-5-12-26(27)36-33(37)25-11-8-10-22-23-16-15-20(3)35-34(23)38-31(22)25;1-19(2,3)13-16-12-18(15-10-8-7-9-11-15)21-14-17(16)20(4,5)6;/h4-10,12-19H,1-3H3;7-10,12,14H,13H2,1-6H3;/q2*-1;/i3D3;13D2;. The van der Waals surface area contributed by atoms with E-state index in [4.69, 9.17) is 16.3 Å². The normalized spacial score (nSPS) is 13.8. The van der Waals surface area contributed by atoms with Gasteiger partial charge >= 0.3 is 135 Å². The summed E-state index contributed by atoms with van der Waals surface area (Å²) >= 11 is -0.411. The first kappa shape index (κ1) is 36.7. The van der Waals surface area contributed by atoms with E-state index in [0.29, 0.717) is 22.9 Å². The monoisotopic (exact) mass is 1060 g/mol. The molecule has 309 valence electrons. The first-order valence-corrected chi connectivity index (χ1v) is 28.5. The van der Waals surface area contributed by atoms with E-state index in [1.54, 1.807) is 12.1 Å². The molecule has 61 heavy (non-hydrogen) atoms. The molecule has 0 atom stereocenters. The van der Waals surface area contributed by atoms with Crippen LogP contribution in [0, 0.1) is 24.4 Å². The van der Waals surface area contributed by atoms with E-state index in [1.165, 1.54) is 25.7 Å². The SMILES string of the molecule is [2H]C([2H])([2H])c1ccc2c(n1)oc1c(-c3nc4ccccc4n3-c3ccc(C(C)C)c4sc5ccccc5c34)[c-]ccc12.[2H]C([2H])(c1cc(-c2[c-]cccc2)nc[c]1[Ge]([CH3])([CH3])[CH3])C(C)(C)C.[Ir]. The number of furan rings is 1. The number of para-hydroxylation sites is 2. The molecule has 0 fully saturated rings. The Labute approximate surface area is 386 Å².